The molecule has 29 heavy (non-hydrogen) atoms. The third kappa shape index (κ3) is 3.65. The van der Waals surface area contributed by atoms with Crippen molar-refractivity contribution in [2.24, 2.45) is 0 Å². The Kier molecular flexibility index (Phi) is 4.92. The van der Waals surface area contributed by atoms with Crippen LogP contribution in [0.3, 0.4) is 0 Å². The minimum absolute atomic E-state index is 0.0502. The second-order valence-corrected chi connectivity index (χ2v) is 7.04. The van der Waals surface area contributed by atoms with Gasteiger partial charge in [0, 0.05) is 11.3 Å². The van der Waals surface area contributed by atoms with Gasteiger partial charge in [0.25, 0.3) is 5.91 Å². The highest BCUT2D eigenvalue weighted by Gasteiger charge is 2.26. The maximum atomic E-state index is 13.7. The average molecular weight is 397 g/mol. The minimum Gasteiger partial charge on any atom is -0.478 e. The number of benzene rings is 1. The lowest BCUT2D eigenvalue weighted by Gasteiger charge is -2.14. The van der Waals surface area contributed by atoms with Gasteiger partial charge in [0.1, 0.15) is 22.9 Å². The fourth-order valence-corrected chi connectivity index (χ4v) is 3.70. The number of carbonyl (C=O) groups excluding carboxylic acids is 1. The van der Waals surface area contributed by atoms with Crippen LogP contribution in [0.15, 0.2) is 34.7 Å². The largest absolute Gasteiger partial charge is 0.478 e. The summed E-state index contributed by atoms with van der Waals surface area (Å²) in [6.07, 6.45) is 3.45. The van der Waals surface area contributed by atoms with Gasteiger partial charge in [0.05, 0.1) is 12.2 Å². The molecule has 0 atom stereocenters. The fourth-order valence-electron chi connectivity index (χ4n) is 3.70. The molecule has 0 spiro atoms. The van der Waals surface area contributed by atoms with Gasteiger partial charge in [-0.3, -0.25) is 4.79 Å². The summed E-state index contributed by atoms with van der Waals surface area (Å²) in [4.78, 5) is 23.9. The van der Waals surface area contributed by atoms with E-state index in [-0.39, 0.29) is 29.6 Å². The summed E-state index contributed by atoms with van der Waals surface area (Å²) in [5, 5.41) is 16.3. The number of fused-ring (bicyclic) bond motifs is 1. The summed E-state index contributed by atoms with van der Waals surface area (Å²) in [5.41, 5.74) is 2.76. The number of furan rings is 1. The quantitative estimate of drug-likeness (QED) is 0.688. The molecular weight excluding hydrogens is 377 g/mol. The highest BCUT2D eigenvalue weighted by molar-refractivity contribution is 5.94. The van der Waals surface area contributed by atoms with Gasteiger partial charge < -0.3 is 14.8 Å². The fraction of sp³-hybridized carbons (Fsp3) is 0.286. The van der Waals surface area contributed by atoms with Crippen molar-refractivity contribution in [1.29, 1.82) is 0 Å². The number of aryl methyl sites for hydroxylation is 1. The van der Waals surface area contributed by atoms with Crippen LogP contribution in [0.2, 0.25) is 0 Å². The predicted octanol–water partition coefficient (Wildman–Crippen LogP) is 3.42. The molecule has 4 rings (SSSR count). The van der Waals surface area contributed by atoms with Crippen LogP contribution in [0.1, 0.15) is 56.5 Å². The number of halogens is 1. The maximum absolute atomic E-state index is 13.7. The zero-order valence-electron chi connectivity index (χ0n) is 15.9. The second-order valence-electron chi connectivity index (χ2n) is 7.04. The smallest absolute Gasteiger partial charge is 0.339 e. The summed E-state index contributed by atoms with van der Waals surface area (Å²) in [6, 6.07) is 7.53. The van der Waals surface area contributed by atoms with Crippen molar-refractivity contribution >= 4 is 11.9 Å². The molecular formula is C21H20FN3O4. The molecule has 0 saturated carbocycles. The normalized spacial score (nSPS) is 13.2. The van der Waals surface area contributed by atoms with E-state index in [4.69, 9.17) is 9.52 Å². The number of hydrogen-bond acceptors (Lipinski definition) is 4. The van der Waals surface area contributed by atoms with Crippen LogP contribution in [-0.2, 0) is 19.4 Å². The van der Waals surface area contributed by atoms with Crippen LogP contribution >= 0.6 is 0 Å². The highest BCUT2D eigenvalue weighted by atomic mass is 19.1. The third-order valence-corrected chi connectivity index (χ3v) is 5.07. The Bertz CT molecular complexity index is 1100. The Morgan fingerprint density at radius 2 is 2.07 bits per heavy atom. The lowest BCUT2D eigenvalue weighted by molar-refractivity contribution is 0.0694. The second kappa shape index (κ2) is 7.54. The van der Waals surface area contributed by atoms with E-state index in [1.165, 1.54) is 18.2 Å². The average Bonchev–Trinajstić information content (AvgIpc) is 3.27. The van der Waals surface area contributed by atoms with Gasteiger partial charge in [-0.05, 0) is 56.9 Å². The minimum atomic E-state index is -1.08. The van der Waals surface area contributed by atoms with Crippen LogP contribution in [0.4, 0.5) is 4.39 Å². The highest BCUT2D eigenvalue weighted by Crippen LogP contribution is 2.27. The van der Waals surface area contributed by atoms with Crippen molar-refractivity contribution in [3.8, 4) is 5.69 Å². The number of carboxylic acids is 1. The predicted molar refractivity (Wildman–Crippen MR) is 102 cm³/mol. The molecule has 0 saturated heterocycles. The SMILES string of the molecule is Cc1oc(CNC(=O)c2nn(-c3cccc(F)c3)c3c2CCCC3)cc1C(=O)O. The standard InChI is InChI=1S/C21H20FN3O4/c1-12-17(21(27)28)10-15(29-12)11-23-20(26)19-16-7-2-3-8-18(16)25(24-19)14-6-4-5-13(22)9-14/h4-6,9-10H,2-3,7-8,11H2,1H3,(H,23,26)(H,27,28). The molecule has 0 bridgehead atoms. The molecule has 1 aromatic carbocycles. The van der Waals surface area contributed by atoms with Crippen molar-refractivity contribution in [2.45, 2.75) is 39.2 Å². The number of hydrogen-bond donors (Lipinski definition) is 2. The van der Waals surface area contributed by atoms with Crippen molar-refractivity contribution in [3.63, 3.8) is 0 Å². The molecule has 1 aliphatic carbocycles. The van der Waals surface area contributed by atoms with Crippen molar-refractivity contribution in [3.05, 3.63) is 70.2 Å². The number of aromatic nitrogens is 2. The Balaban J connectivity index is 1.60. The summed E-state index contributed by atoms with van der Waals surface area (Å²) < 4.78 is 20.7. The molecule has 2 heterocycles. The zero-order chi connectivity index (χ0) is 20.5. The first-order valence-electron chi connectivity index (χ1n) is 9.41. The summed E-state index contributed by atoms with van der Waals surface area (Å²) >= 11 is 0. The molecule has 0 aliphatic heterocycles. The van der Waals surface area contributed by atoms with Gasteiger partial charge in [0.15, 0.2) is 5.69 Å². The molecule has 3 aromatic rings. The third-order valence-electron chi connectivity index (χ3n) is 5.07. The van der Waals surface area contributed by atoms with E-state index >= 15 is 0 Å². The summed E-state index contributed by atoms with van der Waals surface area (Å²) in [7, 11) is 0. The van der Waals surface area contributed by atoms with E-state index in [0.717, 1.165) is 36.9 Å². The van der Waals surface area contributed by atoms with E-state index in [2.05, 4.69) is 10.4 Å². The Morgan fingerprint density at radius 3 is 2.79 bits per heavy atom. The molecule has 1 aliphatic rings. The van der Waals surface area contributed by atoms with Gasteiger partial charge in [0.2, 0.25) is 0 Å². The van der Waals surface area contributed by atoms with Crippen LogP contribution in [0.25, 0.3) is 5.69 Å². The first-order chi connectivity index (χ1) is 13.9. The van der Waals surface area contributed by atoms with Gasteiger partial charge in [-0.25, -0.2) is 13.9 Å². The Labute approximate surface area is 166 Å². The van der Waals surface area contributed by atoms with Crippen molar-refractivity contribution in [2.75, 3.05) is 0 Å². The van der Waals surface area contributed by atoms with Crippen LogP contribution < -0.4 is 5.32 Å². The summed E-state index contributed by atoms with van der Waals surface area (Å²) in [5.74, 6) is -1.17. The van der Waals surface area contributed by atoms with Gasteiger partial charge in [-0.1, -0.05) is 6.07 Å². The number of rotatable bonds is 5. The van der Waals surface area contributed by atoms with Crippen LogP contribution in [-0.4, -0.2) is 26.8 Å². The molecule has 0 unspecified atom stereocenters. The number of carbonyl (C=O) groups is 2. The summed E-state index contributed by atoms with van der Waals surface area (Å²) in [6.45, 7) is 1.61. The molecule has 0 fully saturated rings. The van der Waals surface area contributed by atoms with Crippen molar-refractivity contribution < 1.29 is 23.5 Å². The molecule has 7 nitrogen and oxygen atoms in total. The van der Waals surface area contributed by atoms with E-state index < -0.39 is 5.97 Å². The first kappa shape index (κ1) is 18.9. The molecule has 0 radical (unpaired) electrons. The first-order valence-corrected chi connectivity index (χ1v) is 9.41. The molecule has 1 amide bonds. The van der Waals surface area contributed by atoms with Gasteiger partial charge >= 0.3 is 5.97 Å². The zero-order valence-corrected chi connectivity index (χ0v) is 15.9. The monoisotopic (exact) mass is 397 g/mol. The van der Waals surface area contributed by atoms with Gasteiger partial charge in [-0.2, -0.15) is 5.10 Å². The molecule has 150 valence electrons. The van der Waals surface area contributed by atoms with E-state index in [9.17, 15) is 14.0 Å². The van der Waals surface area contributed by atoms with E-state index in [1.54, 1.807) is 23.7 Å². The van der Waals surface area contributed by atoms with Crippen LogP contribution in [0.5, 0.6) is 0 Å². The Hall–Kier alpha value is -3.42. The molecule has 2 N–H and O–H groups in total. The number of aromatic carboxylic acids is 1. The molecule has 2 aromatic heterocycles. The Morgan fingerprint density at radius 1 is 1.28 bits per heavy atom. The van der Waals surface area contributed by atoms with Crippen molar-refractivity contribution in [1.82, 2.24) is 15.1 Å². The molecule has 8 heteroatoms. The van der Waals surface area contributed by atoms with E-state index in [0.29, 0.717) is 17.1 Å². The van der Waals surface area contributed by atoms with Crippen LogP contribution in [0, 0.1) is 12.7 Å². The number of nitrogens with one attached hydrogen (secondary N) is 1. The lowest BCUT2D eigenvalue weighted by atomic mass is 9.95. The number of nitrogens with zero attached hydrogens (tertiary/aromatic N) is 2. The topological polar surface area (TPSA) is 97.4 Å². The number of carboxylic acid groups (broad SMARTS) is 1. The van der Waals surface area contributed by atoms with E-state index in [1.807, 2.05) is 0 Å². The lowest BCUT2D eigenvalue weighted by Crippen LogP contribution is -2.24. The van der Waals surface area contributed by atoms with Gasteiger partial charge in [-0.15, -0.1) is 0 Å². The maximum Gasteiger partial charge on any atom is 0.339 e. The number of amides is 1.